The van der Waals surface area contributed by atoms with Crippen LogP contribution in [-0.2, 0) is 14.6 Å². The molecule has 0 bridgehead atoms. The molecule has 4 rings (SSSR count). The second-order valence-corrected chi connectivity index (χ2v) is 10.1. The molecule has 2 atom stereocenters. The van der Waals surface area contributed by atoms with E-state index < -0.39 is 9.84 Å². The second kappa shape index (κ2) is 7.28. The van der Waals surface area contributed by atoms with Crippen LogP contribution in [-0.4, -0.2) is 19.6 Å². The molecule has 1 amide bonds. The lowest BCUT2D eigenvalue weighted by molar-refractivity contribution is -0.117. The molecule has 27 heavy (non-hydrogen) atoms. The maximum atomic E-state index is 12.8. The first kappa shape index (κ1) is 18.5. The lowest BCUT2D eigenvalue weighted by Gasteiger charge is -2.13. The van der Waals surface area contributed by atoms with Crippen molar-refractivity contribution in [1.82, 2.24) is 0 Å². The van der Waals surface area contributed by atoms with Crippen molar-refractivity contribution in [2.45, 2.75) is 48.2 Å². The van der Waals surface area contributed by atoms with Crippen molar-refractivity contribution in [3.8, 4) is 0 Å². The van der Waals surface area contributed by atoms with Crippen LogP contribution in [0.25, 0.3) is 0 Å². The Morgan fingerprint density at radius 3 is 2.52 bits per heavy atom. The molecular formula is C21H22ClNO3S. The predicted octanol–water partition coefficient (Wildman–Crippen LogP) is 4.80. The van der Waals surface area contributed by atoms with Crippen LogP contribution < -0.4 is 5.32 Å². The Kier molecular flexibility index (Phi) is 4.99. The fourth-order valence-electron chi connectivity index (χ4n) is 3.98. The third kappa shape index (κ3) is 3.76. The second-order valence-electron chi connectivity index (χ2n) is 7.44. The highest BCUT2D eigenvalue weighted by Crippen LogP contribution is 2.50. The monoisotopic (exact) mass is 403 g/mol. The van der Waals surface area contributed by atoms with E-state index in [-0.39, 0.29) is 23.0 Å². The average Bonchev–Trinajstić information content (AvgIpc) is 3.24. The van der Waals surface area contributed by atoms with Gasteiger partial charge in [0.25, 0.3) is 0 Å². The highest BCUT2D eigenvalue weighted by atomic mass is 35.5. The van der Waals surface area contributed by atoms with Crippen LogP contribution in [0.1, 0.15) is 43.6 Å². The topological polar surface area (TPSA) is 63.2 Å². The molecule has 0 radical (unpaired) electrons. The Labute approximate surface area is 164 Å². The number of anilines is 1. The molecule has 0 heterocycles. The summed E-state index contributed by atoms with van der Waals surface area (Å²) in [5.74, 6) is -0.0839. The van der Waals surface area contributed by atoms with Gasteiger partial charge in [0.2, 0.25) is 5.91 Å². The molecule has 4 nitrogen and oxygen atoms in total. The maximum absolute atomic E-state index is 12.8. The van der Waals surface area contributed by atoms with E-state index in [9.17, 15) is 13.2 Å². The SMILES string of the molecule is O=C(Nc1cccc(S(=O)(=O)C2CCCC2)c1)C1CC1c1ccccc1Cl. The van der Waals surface area contributed by atoms with Crippen molar-refractivity contribution in [1.29, 1.82) is 0 Å². The summed E-state index contributed by atoms with van der Waals surface area (Å²) in [6.07, 6.45) is 4.13. The van der Waals surface area contributed by atoms with Gasteiger partial charge in [0.1, 0.15) is 0 Å². The molecule has 2 unspecified atom stereocenters. The van der Waals surface area contributed by atoms with E-state index in [4.69, 9.17) is 11.6 Å². The number of halogens is 1. The molecule has 2 aromatic rings. The molecule has 2 fully saturated rings. The summed E-state index contributed by atoms with van der Waals surface area (Å²) >= 11 is 6.22. The molecule has 0 aromatic heterocycles. The minimum absolute atomic E-state index is 0.0877. The Balaban J connectivity index is 1.46. The number of sulfone groups is 1. The number of nitrogens with one attached hydrogen (secondary N) is 1. The van der Waals surface area contributed by atoms with Crippen LogP contribution in [0.4, 0.5) is 5.69 Å². The first-order valence-electron chi connectivity index (χ1n) is 9.36. The van der Waals surface area contributed by atoms with Crippen LogP contribution in [0.5, 0.6) is 0 Å². The molecule has 6 heteroatoms. The molecule has 0 aliphatic heterocycles. The smallest absolute Gasteiger partial charge is 0.228 e. The van der Waals surface area contributed by atoms with E-state index in [0.29, 0.717) is 15.6 Å². The summed E-state index contributed by atoms with van der Waals surface area (Å²) in [6.45, 7) is 0. The Morgan fingerprint density at radius 2 is 1.78 bits per heavy atom. The molecule has 142 valence electrons. The van der Waals surface area contributed by atoms with Gasteiger partial charge in [0, 0.05) is 16.6 Å². The summed E-state index contributed by atoms with van der Waals surface area (Å²) in [7, 11) is -3.33. The van der Waals surface area contributed by atoms with Gasteiger partial charge in [-0.2, -0.15) is 0 Å². The third-order valence-electron chi connectivity index (χ3n) is 5.60. The number of hydrogen-bond donors (Lipinski definition) is 1. The van der Waals surface area contributed by atoms with Crippen LogP contribution in [0.15, 0.2) is 53.4 Å². The van der Waals surface area contributed by atoms with Crippen LogP contribution in [0, 0.1) is 5.92 Å². The van der Waals surface area contributed by atoms with Crippen LogP contribution >= 0.6 is 11.6 Å². The van der Waals surface area contributed by atoms with E-state index in [1.807, 2.05) is 24.3 Å². The summed E-state index contributed by atoms with van der Waals surface area (Å²) in [4.78, 5) is 12.9. The number of rotatable bonds is 5. The fraction of sp³-hybridized carbons (Fsp3) is 0.381. The molecule has 2 aliphatic carbocycles. The Bertz CT molecular complexity index is 967. The molecular weight excluding hydrogens is 382 g/mol. The maximum Gasteiger partial charge on any atom is 0.228 e. The van der Waals surface area contributed by atoms with Gasteiger partial charge in [-0.25, -0.2) is 8.42 Å². The average molecular weight is 404 g/mol. The number of carbonyl (C=O) groups is 1. The van der Waals surface area contributed by atoms with Crippen molar-refractivity contribution in [2.75, 3.05) is 5.32 Å². The van der Waals surface area contributed by atoms with E-state index in [2.05, 4.69) is 5.32 Å². The van der Waals surface area contributed by atoms with E-state index >= 15 is 0 Å². The van der Waals surface area contributed by atoms with Gasteiger partial charge in [-0.1, -0.05) is 48.7 Å². The summed E-state index contributed by atoms with van der Waals surface area (Å²) in [6, 6.07) is 14.2. The summed E-state index contributed by atoms with van der Waals surface area (Å²) < 4.78 is 25.5. The molecule has 2 aromatic carbocycles. The quantitative estimate of drug-likeness (QED) is 0.779. The first-order valence-corrected chi connectivity index (χ1v) is 11.3. The van der Waals surface area contributed by atoms with Crippen molar-refractivity contribution in [3.05, 3.63) is 59.1 Å². The van der Waals surface area contributed by atoms with E-state index in [1.165, 1.54) is 0 Å². The van der Waals surface area contributed by atoms with Crippen molar-refractivity contribution < 1.29 is 13.2 Å². The molecule has 0 spiro atoms. The Hall–Kier alpha value is -1.85. The van der Waals surface area contributed by atoms with Crippen LogP contribution in [0.2, 0.25) is 5.02 Å². The number of hydrogen-bond acceptors (Lipinski definition) is 3. The predicted molar refractivity (Wildman–Crippen MR) is 107 cm³/mol. The zero-order chi connectivity index (χ0) is 19.0. The van der Waals surface area contributed by atoms with Gasteiger partial charge in [-0.05, 0) is 55.0 Å². The summed E-state index contributed by atoms with van der Waals surface area (Å²) in [5, 5.41) is 3.27. The van der Waals surface area contributed by atoms with Gasteiger partial charge in [0.05, 0.1) is 10.1 Å². The highest BCUT2D eigenvalue weighted by Gasteiger charge is 2.44. The fourth-order valence-corrected chi connectivity index (χ4v) is 6.16. The summed E-state index contributed by atoms with van der Waals surface area (Å²) in [5.41, 5.74) is 1.53. The minimum atomic E-state index is -3.33. The minimum Gasteiger partial charge on any atom is -0.326 e. The van der Waals surface area contributed by atoms with Gasteiger partial charge in [-0.15, -0.1) is 0 Å². The Morgan fingerprint density at radius 1 is 1.04 bits per heavy atom. The third-order valence-corrected chi connectivity index (χ3v) is 8.21. The first-order chi connectivity index (χ1) is 13.0. The van der Waals surface area contributed by atoms with Crippen molar-refractivity contribution in [3.63, 3.8) is 0 Å². The van der Waals surface area contributed by atoms with Crippen molar-refractivity contribution in [2.24, 2.45) is 5.92 Å². The molecule has 1 N–H and O–H groups in total. The molecule has 0 saturated heterocycles. The number of carbonyl (C=O) groups excluding carboxylic acids is 1. The largest absolute Gasteiger partial charge is 0.326 e. The number of benzene rings is 2. The lowest BCUT2D eigenvalue weighted by atomic mass is 10.1. The van der Waals surface area contributed by atoms with E-state index in [0.717, 1.165) is 37.7 Å². The van der Waals surface area contributed by atoms with Crippen LogP contribution in [0.3, 0.4) is 0 Å². The van der Waals surface area contributed by atoms with Gasteiger partial charge in [-0.3, -0.25) is 4.79 Å². The van der Waals surface area contributed by atoms with E-state index in [1.54, 1.807) is 24.3 Å². The molecule has 2 saturated carbocycles. The number of amides is 1. The lowest BCUT2D eigenvalue weighted by Crippen LogP contribution is -2.19. The van der Waals surface area contributed by atoms with Gasteiger partial charge >= 0.3 is 0 Å². The standard InChI is InChI=1S/C21H22ClNO3S/c22-20-11-4-3-10-17(20)18-13-19(18)21(24)23-14-6-5-9-16(12-14)27(25,26)15-7-1-2-8-15/h3-6,9-12,15,18-19H,1-2,7-8,13H2,(H,23,24). The van der Waals surface area contributed by atoms with Crippen molar-refractivity contribution >= 4 is 33.0 Å². The molecule has 2 aliphatic rings. The van der Waals surface area contributed by atoms with Gasteiger partial charge < -0.3 is 5.32 Å². The zero-order valence-corrected chi connectivity index (χ0v) is 16.5. The normalized spacial score (nSPS) is 22.6. The zero-order valence-electron chi connectivity index (χ0n) is 14.9. The highest BCUT2D eigenvalue weighted by molar-refractivity contribution is 7.92. The van der Waals surface area contributed by atoms with Gasteiger partial charge in [0.15, 0.2) is 9.84 Å².